The number of morpholine rings is 1. The van der Waals surface area contributed by atoms with Gasteiger partial charge in [-0.15, -0.1) is 0 Å². The second kappa shape index (κ2) is 24.7. The molecular weight excluding hydrogens is 1070 g/mol. The molecule has 5 amide bonds. The van der Waals surface area contributed by atoms with Crippen LogP contribution in [0, 0.1) is 16.7 Å². The molecule has 1 aliphatic carbocycles. The molecule has 84 heavy (non-hydrogen) atoms. The van der Waals surface area contributed by atoms with Crippen molar-refractivity contribution in [2.24, 2.45) is 16.7 Å². The molecule has 0 unspecified atom stereocenters. The lowest BCUT2D eigenvalue weighted by molar-refractivity contribution is -0.157. The number of likely N-dealkylation sites (N-methyl/N-ethyl adjacent to an activating group) is 2. The van der Waals surface area contributed by atoms with Gasteiger partial charge in [-0.2, -0.15) is 0 Å². The molecule has 2 aromatic heterocycles. The smallest absolute Gasteiger partial charge is 0.324 e. The maximum absolute atomic E-state index is 15.5. The molecular formula is C65H87FN10O8. The molecule has 6 bridgehead atoms. The minimum absolute atomic E-state index is 0.111. The number of hydrogen-bond acceptors (Lipinski definition) is 12. The lowest BCUT2D eigenvalue weighted by Crippen LogP contribution is -2.60. The Labute approximate surface area is 494 Å². The van der Waals surface area contributed by atoms with Crippen molar-refractivity contribution in [2.75, 3.05) is 98.2 Å². The van der Waals surface area contributed by atoms with E-state index in [9.17, 15) is 19.2 Å². The van der Waals surface area contributed by atoms with Crippen LogP contribution in [-0.2, 0) is 59.4 Å². The molecule has 2 aromatic carbocycles. The first-order chi connectivity index (χ1) is 40.2. The van der Waals surface area contributed by atoms with Crippen LogP contribution in [0.1, 0.15) is 109 Å². The Morgan fingerprint density at radius 3 is 2.43 bits per heavy atom. The summed E-state index contributed by atoms with van der Waals surface area (Å²) in [5.74, 6) is -1.47. The molecule has 6 aliphatic rings. The van der Waals surface area contributed by atoms with Crippen molar-refractivity contribution in [3.63, 3.8) is 0 Å². The van der Waals surface area contributed by atoms with Gasteiger partial charge >= 0.3 is 12.0 Å². The average molecular weight is 1160 g/mol. The molecule has 0 radical (unpaired) electrons. The van der Waals surface area contributed by atoms with Crippen molar-refractivity contribution in [1.29, 1.82) is 0 Å². The van der Waals surface area contributed by atoms with Gasteiger partial charge in [0.2, 0.25) is 17.7 Å². The van der Waals surface area contributed by atoms with Gasteiger partial charge in [0.15, 0.2) is 0 Å². The first-order valence-electron chi connectivity index (χ1n) is 30.3. The fraction of sp³-hybridized carbons (Fsp3) is 0.569. The number of hydrazine groups is 1. The number of piperidine rings is 1. The van der Waals surface area contributed by atoms with E-state index in [0.717, 1.165) is 82.0 Å². The van der Waals surface area contributed by atoms with Crippen molar-refractivity contribution in [3.8, 4) is 22.4 Å². The Kier molecular flexibility index (Phi) is 17.8. The van der Waals surface area contributed by atoms with Crippen LogP contribution in [-0.4, -0.2) is 175 Å². The van der Waals surface area contributed by atoms with E-state index in [-0.39, 0.29) is 61.6 Å². The van der Waals surface area contributed by atoms with Crippen molar-refractivity contribution in [1.82, 2.24) is 44.9 Å². The van der Waals surface area contributed by atoms with Crippen LogP contribution in [0.3, 0.4) is 0 Å². The number of aryl methyl sites for hydroxylation is 1. The Morgan fingerprint density at radius 1 is 0.964 bits per heavy atom. The molecule has 4 aromatic rings. The monoisotopic (exact) mass is 1150 g/mol. The molecule has 4 fully saturated rings. The zero-order valence-corrected chi connectivity index (χ0v) is 50.9. The first-order valence-corrected chi connectivity index (χ1v) is 30.3. The van der Waals surface area contributed by atoms with Gasteiger partial charge in [0.25, 0.3) is 0 Å². The standard InChI is InChI=1S/C65H87FN10O8/c1-11-55(77)74-28-29-84-65(40-74)19-22-73(23-20-65)62(81)71(9)57(42(3)4)59(78)68-48-17-18-64(36-48)35-44-30-45(38-66)32-47(31-44)46-15-16-54-50(33-46)52(37-63(6,7)41-83-60(79)53-14-13-21-76(69-53)61(64)80)58(75(54)12-2)51-34-49(39-67-56(51)43(5)82-10)72-26-24-70(8)25-27-72/h11,15-17,30-34,39,42-43,53,57,69H,1,12-14,18-29,35-38,40-41H2,2-10H3,(H,68,78)/t43-,53-,57-,64-/m0/s1. The average Bonchev–Trinajstić information content (AvgIpc) is 2.90. The number of halogens is 1. The third-order valence-electron chi connectivity index (χ3n) is 18.6. The summed E-state index contributed by atoms with van der Waals surface area (Å²) in [7, 11) is 5.51. The zero-order chi connectivity index (χ0) is 59.8. The number of hydrogen-bond donors (Lipinski definition) is 2. The minimum atomic E-state index is -1.15. The van der Waals surface area contributed by atoms with Crippen molar-refractivity contribution in [2.45, 2.75) is 130 Å². The lowest BCUT2D eigenvalue weighted by Gasteiger charge is -2.47. The van der Waals surface area contributed by atoms with Crippen molar-refractivity contribution >= 4 is 46.3 Å². The number of nitrogens with zero attached hydrogens (tertiary/aromatic N) is 8. The molecule has 452 valence electrons. The highest BCUT2D eigenvalue weighted by molar-refractivity contribution is 5.96. The van der Waals surface area contributed by atoms with E-state index in [0.29, 0.717) is 89.2 Å². The SMILES string of the molecule is C=CC(=O)N1CCOC2(CCN(C(=O)N(C)[C@H](C(=O)NC3=CC[C@@]4(C3)Cc3cc(CF)cc(c3)-c3ccc5c(c3)c(c(-c3cc(N6CCN(C)CC6)cnc3[C@H](C)OC)n5CC)CC(C)(C)COC(=O)[C@@H]3CCCN(N3)C4=O)C(C)C)CC2)C1. The number of fused-ring (bicyclic) bond motifs is 6. The van der Waals surface area contributed by atoms with E-state index >= 15 is 9.18 Å². The summed E-state index contributed by atoms with van der Waals surface area (Å²) in [6.45, 7) is 22.0. The number of allylic oxidation sites excluding steroid dienone is 2. The van der Waals surface area contributed by atoms with Gasteiger partial charge in [-0.3, -0.25) is 29.2 Å². The van der Waals surface area contributed by atoms with Crippen LogP contribution in [0.4, 0.5) is 14.9 Å². The lowest BCUT2D eigenvalue weighted by atomic mass is 9.77. The fourth-order valence-electron chi connectivity index (χ4n) is 13.9. The van der Waals surface area contributed by atoms with Crippen LogP contribution >= 0.6 is 0 Å². The number of anilines is 1. The van der Waals surface area contributed by atoms with E-state index in [1.165, 1.54) is 11.0 Å². The van der Waals surface area contributed by atoms with E-state index < -0.39 is 41.2 Å². The van der Waals surface area contributed by atoms with Gasteiger partial charge in [0.05, 0.1) is 60.2 Å². The molecule has 4 saturated heterocycles. The third kappa shape index (κ3) is 12.2. The Morgan fingerprint density at radius 2 is 1.73 bits per heavy atom. The summed E-state index contributed by atoms with van der Waals surface area (Å²) in [5.41, 5.74) is 10.5. The molecule has 4 atom stereocenters. The van der Waals surface area contributed by atoms with Crippen LogP contribution in [0.2, 0.25) is 0 Å². The predicted octanol–water partition coefficient (Wildman–Crippen LogP) is 8.22. The number of pyridine rings is 1. The summed E-state index contributed by atoms with van der Waals surface area (Å²) < 4.78 is 36.3. The van der Waals surface area contributed by atoms with E-state index in [1.54, 1.807) is 29.0 Å². The van der Waals surface area contributed by atoms with Crippen LogP contribution in [0.5, 0.6) is 0 Å². The normalized spacial score (nSPS) is 22.9. The number of rotatable bonds is 11. The largest absolute Gasteiger partial charge is 0.464 e. The number of esters is 1. The van der Waals surface area contributed by atoms with Gasteiger partial charge in [0.1, 0.15) is 18.8 Å². The number of likely N-dealkylation sites (tertiary alicyclic amines) is 1. The molecule has 2 N–H and O–H groups in total. The number of ether oxygens (including phenoxy) is 3. The topological polar surface area (TPSA) is 174 Å². The second-order valence-electron chi connectivity index (χ2n) is 25.6. The maximum atomic E-state index is 15.5. The van der Waals surface area contributed by atoms with Crippen LogP contribution in [0.25, 0.3) is 33.3 Å². The number of benzene rings is 2. The summed E-state index contributed by atoms with van der Waals surface area (Å²) >= 11 is 0. The molecule has 0 saturated carbocycles. The molecule has 7 heterocycles. The molecule has 18 nitrogen and oxygen atoms in total. The number of alkyl halides is 1. The summed E-state index contributed by atoms with van der Waals surface area (Å²) in [6.07, 6.45) is 8.11. The van der Waals surface area contributed by atoms with Crippen molar-refractivity contribution in [3.05, 3.63) is 95.5 Å². The molecule has 5 aliphatic heterocycles. The molecule has 10 rings (SSSR count). The number of aromatic nitrogens is 2. The van der Waals surface area contributed by atoms with Crippen LogP contribution in [0.15, 0.2) is 73.1 Å². The zero-order valence-electron chi connectivity index (χ0n) is 50.9. The van der Waals surface area contributed by atoms with Gasteiger partial charge in [0, 0.05) is 107 Å². The van der Waals surface area contributed by atoms with E-state index in [4.69, 9.17) is 19.2 Å². The Bertz CT molecular complexity index is 3200. The Hall–Kier alpha value is -6.67. The maximum Gasteiger partial charge on any atom is 0.324 e. The second-order valence-corrected chi connectivity index (χ2v) is 25.6. The number of piperazine rings is 1. The number of urea groups is 1. The van der Waals surface area contributed by atoms with E-state index in [2.05, 4.69) is 89.8 Å². The number of nitrogens with one attached hydrogen (secondary N) is 2. The fourth-order valence-corrected chi connectivity index (χ4v) is 13.9. The number of amides is 5. The summed E-state index contributed by atoms with van der Waals surface area (Å²) in [4.78, 5) is 86.1. The van der Waals surface area contributed by atoms with Gasteiger partial charge in [-0.05, 0) is 130 Å². The Balaban J connectivity index is 0.983. The van der Waals surface area contributed by atoms with Gasteiger partial charge < -0.3 is 48.6 Å². The number of methoxy groups -OCH3 is 1. The number of carbonyl (C=O) groups is 5. The first kappa shape index (κ1) is 60.5. The number of cyclic esters (lactones) is 1. The predicted molar refractivity (Wildman–Crippen MR) is 322 cm³/mol. The van der Waals surface area contributed by atoms with Gasteiger partial charge in [-0.1, -0.05) is 58.5 Å². The highest BCUT2D eigenvalue weighted by atomic mass is 19.1. The summed E-state index contributed by atoms with van der Waals surface area (Å²) in [5, 5.41) is 5.75. The highest BCUT2D eigenvalue weighted by Crippen LogP contribution is 2.46. The number of carbonyl (C=O) groups excluding carboxylic acids is 5. The van der Waals surface area contributed by atoms with Crippen molar-refractivity contribution < 1.29 is 42.6 Å². The minimum Gasteiger partial charge on any atom is -0.464 e. The summed E-state index contributed by atoms with van der Waals surface area (Å²) in [6, 6.07) is 12.6. The molecule has 19 heteroatoms. The quantitative estimate of drug-likeness (QED) is 0.109. The van der Waals surface area contributed by atoms with Gasteiger partial charge in [-0.25, -0.2) is 14.6 Å². The van der Waals surface area contributed by atoms with E-state index in [1.807, 2.05) is 45.2 Å². The molecule has 2 spiro atoms. The highest BCUT2D eigenvalue weighted by Gasteiger charge is 2.48. The third-order valence-corrected chi connectivity index (χ3v) is 18.6. The van der Waals surface area contributed by atoms with Crippen LogP contribution < -0.4 is 15.6 Å².